The average Bonchev–Trinajstić information content (AvgIpc) is 2.21. The predicted octanol–water partition coefficient (Wildman–Crippen LogP) is 2.04. The van der Waals surface area contributed by atoms with E-state index in [1.54, 1.807) is 12.1 Å². The van der Waals surface area contributed by atoms with Crippen molar-refractivity contribution in [3.8, 4) is 5.75 Å². The Morgan fingerprint density at radius 2 is 1.88 bits per heavy atom. The number of phenolic OH excluding ortho intramolecular Hbond substituents is 1. The fourth-order valence-corrected chi connectivity index (χ4v) is 2.22. The highest BCUT2D eigenvalue weighted by molar-refractivity contribution is 7.85. The van der Waals surface area contributed by atoms with E-state index in [1.165, 1.54) is 12.1 Å². The molecule has 0 bridgehead atoms. The molecule has 0 unspecified atom stereocenters. The Kier molecular flexibility index (Phi) is 4.76. The van der Waals surface area contributed by atoms with Crippen LogP contribution in [0.15, 0.2) is 24.3 Å². The van der Waals surface area contributed by atoms with E-state index in [0.717, 1.165) is 12.8 Å². The molecule has 5 heteroatoms. The van der Waals surface area contributed by atoms with Gasteiger partial charge in [0, 0.05) is 0 Å². The molecule has 0 atom stereocenters. The molecule has 0 aliphatic heterocycles. The minimum absolute atomic E-state index is 0.119. The highest BCUT2D eigenvalue weighted by Crippen LogP contribution is 2.13. The van der Waals surface area contributed by atoms with E-state index < -0.39 is 10.1 Å². The lowest BCUT2D eigenvalue weighted by Gasteiger charge is -2.05. The summed E-state index contributed by atoms with van der Waals surface area (Å²) in [7, 11) is -3.50. The Hall–Kier alpha value is -1.07. The molecule has 0 saturated carbocycles. The quantitative estimate of drug-likeness (QED) is 0.614. The number of rotatable bonds is 6. The first-order valence-electron chi connectivity index (χ1n) is 5.18. The van der Waals surface area contributed by atoms with Crippen molar-refractivity contribution >= 4 is 10.1 Å². The molecule has 0 spiro atoms. The fraction of sp³-hybridized carbons (Fsp3) is 0.455. The van der Waals surface area contributed by atoms with Crippen molar-refractivity contribution in [2.75, 3.05) is 6.61 Å². The Bertz CT molecular complexity index is 408. The van der Waals surface area contributed by atoms with Crippen LogP contribution in [0.25, 0.3) is 0 Å². The lowest BCUT2D eigenvalue weighted by Crippen LogP contribution is -2.09. The summed E-state index contributed by atoms with van der Waals surface area (Å²) in [5, 5.41) is 9.05. The normalized spacial score (nSPS) is 11.6. The van der Waals surface area contributed by atoms with E-state index in [1.807, 2.05) is 6.92 Å². The molecule has 0 aliphatic carbocycles. The topological polar surface area (TPSA) is 63.6 Å². The van der Waals surface area contributed by atoms with Gasteiger partial charge in [-0.1, -0.05) is 25.5 Å². The van der Waals surface area contributed by atoms with Crippen LogP contribution in [-0.2, 0) is 20.1 Å². The van der Waals surface area contributed by atoms with Crippen molar-refractivity contribution < 1.29 is 17.7 Å². The van der Waals surface area contributed by atoms with Gasteiger partial charge in [0.05, 0.1) is 6.61 Å². The largest absolute Gasteiger partial charge is 0.508 e. The third-order valence-corrected chi connectivity index (χ3v) is 3.25. The van der Waals surface area contributed by atoms with Gasteiger partial charge < -0.3 is 5.11 Å². The van der Waals surface area contributed by atoms with Crippen LogP contribution in [-0.4, -0.2) is 20.1 Å². The fourth-order valence-electron chi connectivity index (χ4n) is 1.17. The van der Waals surface area contributed by atoms with Crippen molar-refractivity contribution in [1.29, 1.82) is 0 Å². The third-order valence-electron chi connectivity index (χ3n) is 2.04. The molecule has 0 radical (unpaired) electrons. The number of benzene rings is 1. The van der Waals surface area contributed by atoms with Crippen LogP contribution in [0, 0.1) is 0 Å². The Morgan fingerprint density at radius 1 is 1.25 bits per heavy atom. The predicted molar refractivity (Wildman–Crippen MR) is 61.6 cm³/mol. The van der Waals surface area contributed by atoms with Crippen molar-refractivity contribution in [3.63, 3.8) is 0 Å². The van der Waals surface area contributed by atoms with Crippen molar-refractivity contribution in [2.24, 2.45) is 0 Å². The molecule has 0 aromatic heterocycles. The number of unbranched alkanes of at least 4 members (excludes halogenated alkanes) is 1. The monoisotopic (exact) mass is 244 g/mol. The number of hydrogen-bond donors (Lipinski definition) is 1. The number of aromatic hydroxyl groups is 1. The molecule has 0 fully saturated rings. The van der Waals surface area contributed by atoms with Crippen molar-refractivity contribution in [3.05, 3.63) is 29.8 Å². The summed E-state index contributed by atoms with van der Waals surface area (Å²) in [4.78, 5) is 0. The van der Waals surface area contributed by atoms with E-state index in [9.17, 15) is 8.42 Å². The molecular weight excluding hydrogens is 228 g/mol. The van der Waals surface area contributed by atoms with Gasteiger partial charge in [-0.2, -0.15) is 8.42 Å². The summed E-state index contributed by atoms with van der Waals surface area (Å²) >= 11 is 0. The van der Waals surface area contributed by atoms with Gasteiger partial charge in [-0.3, -0.25) is 4.18 Å². The SMILES string of the molecule is CCCCOS(=O)(=O)Cc1ccc(O)cc1. The maximum absolute atomic E-state index is 11.5. The second-order valence-electron chi connectivity index (χ2n) is 3.54. The molecule has 1 aromatic carbocycles. The lowest BCUT2D eigenvalue weighted by atomic mass is 10.2. The Labute approximate surface area is 96.0 Å². The van der Waals surface area contributed by atoms with Gasteiger partial charge in [0.2, 0.25) is 0 Å². The third kappa shape index (κ3) is 4.63. The van der Waals surface area contributed by atoms with Crippen LogP contribution >= 0.6 is 0 Å². The molecule has 1 N–H and O–H groups in total. The zero-order chi connectivity index (χ0) is 12.0. The van der Waals surface area contributed by atoms with E-state index in [2.05, 4.69) is 0 Å². The van der Waals surface area contributed by atoms with E-state index >= 15 is 0 Å². The van der Waals surface area contributed by atoms with Gasteiger partial charge >= 0.3 is 0 Å². The second kappa shape index (κ2) is 5.86. The summed E-state index contributed by atoms with van der Waals surface area (Å²) < 4.78 is 27.8. The number of phenols is 1. The van der Waals surface area contributed by atoms with E-state index in [0.29, 0.717) is 5.56 Å². The van der Waals surface area contributed by atoms with Crippen LogP contribution in [0.5, 0.6) is 5.75 Å². The number of hydrogen-bond acceptors (Lipinski definition) is 4. The van der Waals surface area contributed by atoms with Gasteiger partial charge in [-0.15, -0.1) is 0 Å². The summed E-state index contributed by atoms with van der Waals surface area (Å²) in [6.45, 7) is 2.20. The molecule has 16 heavy (non-hydrogen) atoms. The zero-order valence-corrected chi connectivity index (χ0v) is 10.0. The molecule has 4 nitrogen and oxygen atoms in total. The molecule has 1 aromatic rings. The summed E-state index contributed by atoms with van der Waals surface area (Å²) in [5.74, 6) is -0.0372. The zero-order valence-electron chi connectivity index (χ0n) is 9.22. The van der Waals surface area contributed by atoms with Gasteiger partial charge in [0.25, 0.3) is 10.1 Å². The Balaban J connectivity index is 2.55. The molecule has 0 saturated heterocycles. The van der Waals surface area contributed by atoms with E-state index in [-0.39, 0.29) is 18.1 Å². The van der Waals surface area contributed by atoms with Crippen LogP contribution in [0.3, 0.4) is 0 Å². The first-order chi connectivity index (χ1) is 7.53. The van der Waals surface area contributed by atoms with E-state index in [4.69, 9.17) is 9.29 Å². The Morgan fingerprint density at radius 3 is 2.44 bits per heavy atom. The van der Waals surface area contributed by atoms with Crippen LogP contribution in [0.1, 0.15) is 25.3 Å². The molecule has 90 valence electrons. The van der Waals surface area contributed by atoms with Crippen molar-refractivity contribution in [2.45, 2.75) is 25.5 Å². The van der Waals surface area contributed by atoms with Gasteiger partial charge in [-0.05, 0) is 24.1 Å². The summed E-state index contributed by atoms with van der Waals surface area (Å²) in [5.41, 5.74) is 0.606. The molecule has 0 amide bonds. The minimum atomic E-state index is -3.50. The van der Waals surface area contributed by atoms with Crippen LogP contribution in [0.2, 0.25) is 0 Å². The lowest BCUT2D eigenvalue weighted by molar-refractivity contribution is 0.310. The minimum Gasteiger partial charge on any atom is -0.508 e. The van der Waals surface area contributed by atoms with Crippen molar-refractivity contribution in [1.82, 2.24) is 0 Å². The smallest absolute Gasteiger partial charge is 0.271 e. The standard InChI is InChI=1S/C11H16O4S/c1-2-3-8-15-16(13,14)9-10-4-6-11(12)7-5-10/h4-7,12H,2-3,8-9H2,1H3. The molecular formula is C11H16O4S. The van der Waals surface area contributed by atoms with Gasteiger partial charge in [0.1, 0.15) is 11.5 Å². The second-order valence-corrected chi connectivity index (χ2v) is 5.18. The highest BCUT2D eigenvalue weighted by atomic mass is 32.2. The van der Waals surface area contributed by atoms with Crippen LogP contribution < -0.4 is 0 Å². The molecule has 1 rings (SSSR count). The first-order valence-corrected chi connectivity index (χ1v) is 6.76. The average molecular weight is 244 g/mol. The maximum atomic E-state index is 11.5. The summed E-state index contributed by atoms with van der Waals surface area (Å²) in [6, 6.07) is 6.04. The molecule has 0 heterocycles. The molecule has 0 aliphatic rings. The van der Waals surface area contributed by atoms with Gasteiger partial charge in [-0.25, -0.2) is 0 Å². The van der Waals surface area contributed by atoms with Crippen LogP contribution in [0.4, 0.5) is 0 Å². The van der Waals surface area contributed by atoms with Gasteiger partial charge in [0.15, 0.2) is 0 Å². The summed E-state index contributed by atoms with van der Waals surface area (Å²) in [6.07, 6.45) is 1.63. The highest BCUT2D eigenvalue weighted by Gasteiger charge is 2.11. The first kappa shape index (κ1) is 13.0. The maximum Gasteiger partial charge on any atom is 0.271 e.